The zero-order chi connectivity index (χ0) is 18.1. The van der Waals surface area contributed by atoms with Crippen LogP contribution >= 0.6 is 0 Å². The summed E-state index contributed by atoms with van der Waals surface area (Å²) in [6.45, 7) is 1.46. The highest BCUT2D eigenvalue weighted by molar-refractivity contribution is 5.85. The molecule has 1 saturated carbocycles. The third-order valence-corrected chi connectivity index (χ3v) is 5.30. The molecule has 2 aliphatic rings. The lowest BCUT2D eigenvalue weighted by Gasteiger charge is -2.23. The molecule has 1 heterocycles. The van der Waals surface area contributed by atoms with E-state index in [1.54, 1.807) is 12.1 Å². The van der Waals surface area contributed by atoms with Gasteiger partial charge in [0, 0.05) is 18.4 Å². The lowest BCUT2D eigenvalue weighted by Crippen LogP contribution is -2.25. The Morgan fingerprint density at radius 3 is 2.31 bits per heavy atom. The first kappa shape index (κ1) is 17.0. The average Bonchev–Trinajstić information content (AvgIpc) is 3.45. The van der Waals surface area contributed by atoms with Gasteiger partial charge in [0.2, 0.25) is 0 Å². The van der Waals surface area contributed by atoms with E-state index in [0.29, 0.717) is 12.8 Å². The quantitative estimate of drug-likeness (QED) is 0.874. The molecule has 136 valence electrons. The molecule has 26 heavy (non-hydrogen) atoms. The number of aliphatic carboxylic acids is 1. The Balaban J connectivity index is 1.51. The maximum Gasteiger partial charge on any atom is 0.314 e. The first-order valence-corrected chi connectivity index (χ1v) is 8.97. The molecule has 1 aliphatic carbocycles. The van der Waals surface area contributed by atoms with E-state index in [1.807, 2.05) is 24.3 Å². The van der Waals surface area contributed by atoms with Gasteiger partial charge in [-0.1, -0.05) is 24.3 Å². The van der Waals surface area contributed by atoms with Crippen LogP contribution in [0.5, 0.6) is 5.75 Å². The van der Waals surface area contributed by atoms with E-state index in [0.717, 1.165) is 42.9 Å². The largest absolute Gasteiger partial charge is 0.490 e. The van der Waals surface area contributed by atoms with E-state index >= 15 is 0 Å². The fourth-order valence-corrected chi connectivity index (χ4v) is 3.52. The van der Waals surface area contributed by atoms with Crippen LogP contribution in [0.3, 0.4) is 0 Å². The maximum atomic E-state index is 14.5. The van der Waals surface area contributed by atoms with Gasteiger partial charge in [0.05, 0.1) is 18.6 Å². The molecular weight excluding hydrogens is 335 g/mol. The summed E-state index contributed by atoms with van der Waals surface area (Å²) in [4.78, 5) is 11.4. The van der Waals surface area contributed by atoms with Crippen molar-refractivity contribution in [1.29, 1.82) is 0 Å². The fourth-order valence-electron chi connectivity index (χ4n) is 3.52. The van der Waals surface area contributed by atoms with E-state index in [9.17, 15) is 14.3 Å². The van der Waals surface area contributed by atoms with Gasteiger partial charge in [-0.2, -0.15) is 0 Å². The van der Waals surface area contributed by atoms with E-state index in [4.69, 9.17) is 9.47 Å². The Morgan fingerprint density at radius 1 is 1.08 bits per heavy atom. The van der Waals surface area contributed by atoms with Crippen LogP contribution in [0, 0.1) is 5.82 Å². The molecule has 0 radical (unpaired) electrons. The summed E-state index contributed by atoms with van der Waals surface area (Å²) in [6, 6.07) is 12.4. The Labute approximate surface area is 151 Å². The molecule has 0 spiro atoms. The maximum absolute atomic E-state index is 14.5. The van der Waals surface area contributed by atoms with Gasteiger partial charge >= 0.3 is 5.97 Å². The normalized spacial score (nSPS) is 19.1. The lowest BCUT2D eigenvalue weighted by molar-refractivity contribution is -0.140. The molecule has 1 N–H and O–H groups in total. The summed E-state index contributed by atoms with van der Waals surface area (Å²) in [7, 11) is 0. The van der Waals surface area contributed by atoms with Gasteiger partial charge in [-0.05, 0) is 42.2 Å². The Hall–Kier alpha value is -2.40. The van der Waals surface area contributed by atoms with Gasteiger partial charge in [0.1, 0.15) is 17.7 Å². The summed E-state index contributed by atoms with van der Waals surface area (Å²) in [5.41, 5.74) is 0.859. The zero-order valence-corrected chi connectivity index (χ0v) is 14.4. The van der Waals surface area contributed by atoms with Gasteiger partial charge in [0.15, 0.2) is 0 Å². The second-order valence-corrected chi connectivity index (χ2v) is 7.04. The van der Waals surface area contributed by atoms with Gasteiger partial charge in [-0.25, -0.2) is 4.39 Å². The number of carboxylic acids is 1. The summed E-state index contributed by atoms with van der Waals surface area (Å²) >= 11 is 0. The van der Waals surface area contributed by atoms with Gasteiger partial charge < -0.3 is 14.6 Å². The van der Waals surface area contributed by atoms with E-state index < -0.39 is 17.2 Å². The second kappa shape index (κ2) is 6.72. The van der Waals surface area contributed by atoms with Crippen LogP contribution in [0.2, 0.25) is 0 Å². The van der Waals surface area contributed by atoms with E-state index in [2.05, 4.69) is 0 Å². The Bertz CT molecular complexity index is 805. The van der Waals surface area contributed by atoms with Crippen LogP contribution in [0.1, 0.15) is 31.2 Å². The minimum absolute atomic E-state index is 0.178. The molecule has 0 amide bonds. The van der Waals surface area contributed by atoms with E-state index in [1.165, 1.54) is 6.07 Å². The first-order valence-electron chi connectivity index (χ1n) is 8.97. The number of ether oxygens (including phenoxy) is 2. The third kappa shape index (κ3) is 3.19. The van der Waals surface area contributed by atoms with Crippen molar-refractivity contribution in [3.05, 3.63) is 53.8 Å². The summed E-state index contributed by atoms with van der Waals surface area (Å²) in [6.07, 6.45) is 2.95. The van der Waals surface area contributed by atoms with Crippen molar-refractivity contribution in [3.8, 4) is 16.9 Å². The van der Waals surface area contributed by atoms with Crippen LogP contribution in [0.15, 0.2) is 42.5 Å². The molecule has 1 aliphatic heterocycles. The minimum Gasteiger partial charge on any atom is -0.490 e. The molecule has 2 aromatic carbocycles. The fraction of sp³-hybridized carbons (Fsp3) is 0.381. The SMILES string of the molecule is O=C(O)C1(c2ccc(-c3ccc(OC4CCOCC4)cc3)cc2F)CC1. The highest BCUT2D eigenvalue weighted by Crippen LogP contribution is 2.49. The average molecular weight is 356 g/mol. The standard InChI is InChI=1S/C21H21FO4/c22-19-13-15(3-6-18(19)21(9-10-21)20(23)24)14-1-4-16(5-2-14)26-17-7-11-25-12-8-17/h1-6,13,17H,7-12H2,(H,23,24). The van der Waals surface area contributed by atoms with Crippen molar-refractivity contribution in [2.24, 2.45) is 0 Å². The molecule has 4 nitrogen and oxygen atoms in total. The topological polar surface area (TPSA) is 55.8 Å². The molecular formula is C21H21FO4. The number of rotatable bonds is 5. The Morgan fingerprint density at radius 2 is 1.73 bits per heavy atom. The monoisotopic (exact) mass is 356 g/mol. The minimum atomic E-state index is -1.02. The predicted octanol–water partition coefficient (Wildman–Crippen LogP) is 4.17. The predicted molar refractivity (Wildman–Crippen MR) is 94.9 cm³/mol. The van der Waals surface area contributed by atoms with Crippen molar-refractivity contribution in [2.45, 2.75) is 37.2 Å². The highest BCUT2D eigenvalue weighted by Gasteiger charge is 2.53. The van der Waals surface area contributed by atoms with Crippen molar-refractivity contribution in [3.63, 3.8) is 0 Å². The number of hydrogen-bond acceptors (Lipinski definition) is 3. The van der Waals surface area contributed by atoms with Crippen molar-refractivity contribution in [2.75, 3.05) is 13.2 Å². The molecule has 0 bridgehead atoms. The lowest BCUT2D eigenvalue weighted by atomic mass is 9.93. The van der Waals surface area contributed by atoms with Gasteiger partial charge in [0.25, 0.3) is 0 Å². The summed E-state index contributed by atoms with van der Waals surface area (Å²) in [5.74, 6) is -0.607. The first-order chi connectivity index (χ1) is 12.6. The molecule has 5 heteroatoms. The molecule has 0 aromatic heterocycles. The zero-order valence-electron chi connectivity index (χ0n) is 14.4. The van der Waals surface area contributed by atoms with Crippen molar-refractivity contribution < 1.29 is 23.8 Å². The third-order valence-electron chi connectivity index (χ3n) is 5.30. The molecule has 0 atom stereocenters. The van der Waals surface area contributed by atoms with Crippen LogP contribution in [-0.4, -0.2) is 30.4 Å². The Kier molecular flexibility index (Phi) is 4.41. The molecule has 2 aromatic rings. The smallest absolute Gasteiger partial charge is 0.314 e. The molecule has 2 fully saturated rings. The van der Waals surface area contributed by atoms with E-state index in [-0.39, 0.29) is 11.7 Å². The summed E-state index contributed by atoms with van der Waals surface area (Å²) < 4.78 is 25.8. The van der Waals surface area contributed by atoms with Crippen LogP contribution in [0.4, 0.5) is 4.39 Å². The van der Waals surface area contributed by atoms with Crippen molar-refractivity contribution >= 4 is 5.97 Å². The van der Waals surface area contributed by atoms with Gasteiger partial charge in [-0.3, -0.25) is 4.79 Å². The number of carboxylic acid groups (broad SMARTS) is 1. The molecule has 0 unspecified atom stereocenters. The number of benzene rings is 2. The number of carbonyl (C=O) groups is 1. The van der Waals surface area contributed by atoms with Gasteiger partial charge in [-0.15, -0.1) is 0 Å². The summed E-state index contributed by atoms with van der Waals surface area (Å²) in [5, 5.41) is 9.34. The molecule has 4 rings (SSSR count). The highest BCUT2D eigenvalue weighted by atomic mass is 19.1. The van der Waals surface area contributed by atoms with Crippen molar-refractivity contribution in [1.82, 2.24) is 0 Å². The van der Waals surface area contributed by atoms with Crippen LogP contribution in [-0.2, 0) is 14.9 Å². The van der Waals surface area contributed by atoms with Crippen LogP contribution in [0.25, 0.3) is 11.1 Å². The van der Waals surface area contributed by atoms with Crippen LogP contribution < -0.4 is 4.74 Å². The number of halogens is 1. The number of hydrogen-bond donors (Lipinski definition) is 1. The second-order valence-electron chi connectivity index (χ2n) is 7.04. The molecule has 1 saturated heterocycles.